The number of carboxylic acid groups (broad SMARTS) is 2. The summed E-state index contributed by atoms with van der Waals surface area (Å²) in [6.07, 6.45) is 1.21. The molecule has 0 aromatic carbocycles. The van der Waals surface area contributed by atoms with E-state index in [0.29, 0.717) is 52.1 Å². The van der Waals surface area contributed by atoms with Crippen LogP contribution in [0.5, 0.6) is 0 Å². The Labute approximate surface area is 192 Å². The number of nitroso groups, excluding NO2 is 1. The molecule has 0 aromatic rings. The summed E-state index contributed by atoms with van der Waals surface area (Å²) in [6.45, 7) is 3.08. The molecular formula is C20H35N5O8. The summed E-state index contributed by atoms with van der Waals surface area (Å²) in [7, 11) is 0. The van der Waals surface area contributed by atoms with Crippen LogP contribution in [0.2, 0.25) is 0 Å². The Morgan fingerprint density at radius 1 is 0.788 bits per heavy atom. The maximum atomic E-state index is 12.4. The molecule has 0 bridgehead atoms. The van der Waals surface area contributed by atoms with Gasteiger partial charge in [-0.1, -0.05) is 13.3 Å². The molecule has 1 rings (SSSR count). The largest absolute Gasteiger partial charge is 0.480 e. The minimum absolute atomic E-state index is 0.226. The molecule has 33 heavy (non-hydrogen) atoms. The lowest BCUT2D eigenvalue weighted by atomic mass is 10.1. The predicted molar refractivity (Wildman–Crippen MR) is 118 cm³/mol. The zero-order valence-electron chi connectivity index (χ0n) is 19.1. The van der Waals surface area contributed by atoms with Crippen LogP contribution in [0, 0.1) is 4.91 Å². The normalized spacial score (nSPS) is 19.2. The van der Waals surface area contributed by atoms with Gasteiger partial charge in [0.25, 0.3) is 5.91 Å². The summed E-state index contributed by atoms with van der Waals surface area (Å²) in [5.41, 5.74) is 0. The summed E-state index contributed by atoms with van der Waals surface area (Å²) in [6, 6.07) is -0.556. The highest BCUT2D eigenvalue weighted by Crippen LogP contribution is 2.11. The molecule has 13 heteroatoms. The minimum atomic E-state index is -1.03. The van der Waals surface area contributed by atoms with Crippen molar-refractivity contribution < 1.29 is 34.5 Å². The molecule has 1 heterocycles. The number of carboxylic acids is 2. The number of carbonyl (C=O) groups is 4. The number of hydrogen-bond donors (Lipinski definition) is 3. The Hall–Kier alpha value is -2.32. The Bertz CT molecular complexity index is 677. The lowest BCUT2D eigenvalue weighted by Gasteiger charge is -2.36. The smallest absolute Gasteiger partial charge is 0.317 e. The molecule has 0 radical (unpaired) electrons. The first-order chi connectivity index (χ1) is 15.7. The van der Waals surface area contributed by atoms with Crippen LogP contribution in [0.25, 0.3) is 0 Å². The summed E-state index contributed by atoms with van der Waals surface area (Å²) in [5.74, 6) is -3.22. The van der Waals surface area contributed by atoms with Crippen LogP contribution in [0.1, 0.15) is 19.8 Å². The van der Waals surface area contributed by atoms with Crippen LogP contribution in [0.4, 0.5) is 0 Å². The zero-order chi connectivity index (χ0) is 24.8. The van der Waals surface area contributed by atoms with Gasteiger partial charge in [-0.2, -0.15) is 0 Å². The van der Waals surface area contributed by atoms with Crippen molar-refractivity contribution in [1.29, 1.82) is 0 Å². The van der Waals surface area contributed by atoms with Gasteiger partial charge in [0.1, 0.15) is 6.61 Å². The topological polar surface area (TPSA) is 171 Å². The van der Waals surface area contributed by atoms with Crippen LogP contribution < -0.4 is 0 Å². The van der Waals surface area contributed by atoms with E-state index in [0.717, 1.165) is 0 Å². The number of amides is 1. The first-order valence-electron chi connectivity index (χ1n) is 11.0. The molecule has 1 saturated heterocycles. The highest BCUT2D eigenvalue weighted by Gasteiger charge is 2.27. The van der Waals surface area contributed by atoms with Crippen molar-refractivity contribution in [2.45, 2.75) is 25.8 Å². The summed E-state index contributed by atoms with van der Waals surface area (Å²) in [4.78, 5) is 64.1. The number of hydrogen-bond acceptors (Lipinski definition) is 10. The third-order valence-corrected chi connectivity index (χ3v) is 5.58. The van der Waals surface area contributed by atoms with Crippen molar-refractivity contribution in [1.82, 2.24) is 19.6 Å². The van der Waals surface area contributed by atoms with Gasteiger partial charge in [0.2, 0.25) is 0 Å². The number of rotatable bonds is 11. The zero-order valence-corrected chi connectivity index (χ0v) is 19.1. The number of ketones is 1. The first kappa shape index (κ1) is 28.7. The Balaban J connectivity index is 3.14. The third-order valence-electron chi connectivity index (χ3n) is 5.58. The van der Waals surface area contributed by atoms with Crippen LogP contribution in [-0.2, 0) is 19.2 Å². The van der Waals surface area contributed by atoms with Gasteiger partial charge in [0.05, 0.1) is 25.7 Å². The Kier molecular flexibility index (Phi) is 13.5. The summed E-state index contributed by atoms with van der Waals surface area (Å²) < 4.78 is 0. The predicted octanol–water partition coefficient (Wildman–Crippen LogP) is -1.60. The van der Waals surface area contributed by atoms with Gasteiger partial charge in [0, 0.05) is 57.5 Å². The lowest BCUT2D eigenvalue weighted by Crippen LogP contribution is -2.52. The van der Waals surface area contributed by atoms with Crippen molar-refractivity contribution in [2.24, 2.45) is 5.18 Å². The number of nitrogens with zero attached hydrogens (tertiary/aromatic N) is 5. The van der Waals surface area contributed by atoms with Crippen molar-refractivity contribution in [2.75, 3.05) is 78.6 Å². The first-order valence-corrected chi connectivity index (χ1v) is 11.0. The van der Waals surface area contributed by atoms with E-state index in [1.807, 2.05) is 11.8 Å². The van der Waals surface area contributed by atoms with Gasteiger partial charge in [-0.3, -0.25) is 38.8 Å². The van der Waals surface area contributed by atoms with Gasteiger partial charge in [-0.05, 0) is 6.42 Å². The van der Waals surface area contributed by atoms with Crippen molar-refractivity contribution in [3.8, 4) is 0 Å². The fraction of sp³-hybridized carbons (Fsp3) is 0.800. The molecule has 0 spiro atoms. The van der Waals surface area contributed by atoms with E-state index in [-0.39, 0.29) is 38.5 Å². The lowest BCUT2D eigenvalue weighted by molar-refractivity contribution is -0.140. The van der Waals surface area contributed by atoms with Crippen LogP contribution in [0.15, 0.2) is 5.18 Å². The van der Waals surface area contributed by atoms with Crippen molar-refractivity contribution in [3.63, 3.8) is 0 Å². The maximum absolute atomic E-state index is 12.4. The average molecular weight is 474 g/mol. The molecule has 188 valence electrons. The SMILES string of the molecule is CCCC(C(=O)CO)N1CCN(CC(=O)O)CCN(CC(=O)O)CCN(CC(=O)N=O)CC1. The van der Waals surface area contributed by atoms with Gasteiger partial charge in [-0.25, -0.2) is 0 Å². The van der Waals surface area contributed by atoms with E-state index < -0.39 is 30.5 Å². The van der Waals surface area contributed by atoms with Crippen molar-refractivity contribution >= 4 is 23.6 Å². The Morgan fingerprint density at radius 2 is 1.21 bits per heavy atom. The molecule has 3 N–H and O–H groups in total. The second kappa shape index (κ2) is 15.5. The molecule has 1 amide bonds. The van der Waals surface area contributed by atoms with Gasteiger partial charge < -0.3 is 15.3 Å². The molecule has 1 atom stereocenters. The fourth-order valence-corrected chi connectivity index (χ4v) is 3.87. The molecule has 1 aliphatic rings. The molecule has 0 aromatic heterocycles. The van der Waals surface area contributed by atoms with Crippen LogP contribution in [-0.4, -0.2) is 143 Å². The van der Waals surface area contributed by atoms with Gasteiger partial charge >= 0.3 is 11.9 Å². The van der Waals surface area contributed by atoms with Crippen LogP contribution >= 0.6 is 0 Å². The quantitative estimate of drug-likeness (QED) is 0.294. The highest BCUT2D eigenvalue weighted by molar-refractivity contribution is 5.85. The van der Waals surface area contributed by atoms with E-state index in [2.05, 4.69) is 5.18 Å². The van der Waals surface area contributed by atoms with Crippen molar-refractivity contribution in [3.05, 3.63) is 4.91 Å². The fourth-order valence-electron chi connectivity index (χ4n) is 3.87. The van der Waals surface area contributed by atoms with Gasteiger partial charge in [0.15, 0.2) is 5.78 Å². The molecule has 0 aliphatic carbocycles. The average Bonchev–Trinajstić information content (AvgIpc) is 2.76. The molecule has 1 unspecified atom stereocenters. The van der Waals surface area contributed by atoms with E-state index in [9.17, 15) is 39.4 Å². The number of aliphatic carboxylic acids is 2. The van der Waals surface area contributed by atoms with E-state index in [1.54, 1.807) is 14.7 Å². The molecule has 13 nitrogen and oxygen atoms in total. The molecule has 1 aliphatic heterocycles. The monoisotopic (exact) mass is 473 g/mol. The van der Waals surface area contributed by atoms with E-state index in [1.165, 1.54) is 0 Å². The highest BCUT2D eigenvalue weighted by atomic mass is 16.4. The number of Topliss-reactive ketones (excluding diaryl/α,β-unsaturated/α-hetero) is 1. The van der Waals surface area contributed by atoms with Gasteiger partial charge in [-0.15, -0.1) is 4.91 Å². The second-order valence-corrected chi connectivity index (χ2v) is 8.07. The number of aliphatic hydroxyl groups is 1. The molecule has 0 saturated carbocycles. The maximum Gasteiger partial charge on any atom is 0.317 e. The van der Waals surface area contributed by atoms with Crippen LogP contribution in [0.3, 0.4) is 0 Å². The third kappa shape index (κ3) is 11.4. The molecular weight excluding hydrogens is 438 g/mol. The summed E-state index contributed by atoms with van der Waals surface area (Å²) >= 11 is 0. The van der Waals surface area contributed by atoms with E-state index >= 15 is 0 Å². The number of carbonyl (C=O) groups excluding carboxylic acids is 2. The minimum Gasteiger partial charge on any atom is -0.480 e. The second-order valence-electron chi connectivity index (χ2n) is 8.07. The number of aliphatic hydroxyl groups excluding tert-OH is 1. The molecule has 1 fully saturated rings. The summed E-state index contributed by atoms with van der Waals surface area (Å²) in [5, 5.41) is 30.3. The Morgan fingerprint density at radius 3 is 1.58 bits per heavy atom. The standard InChI is InChI=1S/C20H35N5O8/c1-2-3-16(17(27)15-26)25-10-8-22(12-18(28)21-33)4-5-23(13-19(29)30)6-7-24(9-11-25)14-20(31)32/h16,26H,2-15H2,1H3,(H,29,30)(H,31,32). The van der Waals surface area contributed by atoms with E-state index in [4.69, 9.17) is 0 Å².